The SMILES string of the molecule is CCCC(Sc1nc2ccc(C)cc2[nH]1)C(=O)OCC. The van der Waals surface area contributed by atoms with Crippen LogP contribution in [0.5, 0.6) is 0 Å². The van der Waals surface area contributed by atoms with Gasteiger partial charge in [-0.1, -0.05) is 31.2 Å². The number of aromatic nitrogens is 2. The van der Waals surface area contributed by atoms with E-state index in [1.54, 1.807) is 0 Å². The number of benzene rings is 1. The highest BCUT2D eigenvalue weighted by Crippen LogP contribution is 2.27. The van der Waals surface area contributed by atoms with Crippen LogP contribution in [-0.4, -0.2) is 27.8 Å². The molecule has 5 heteroatoms. The average Bonchev–Trinajstić information content (AvgIpc) is 2.80. The number of aryl methyl sites for hydroxylation is 1. The topological polar surface area (TPSA) is 55.0 Å². The van der Waals surface area contributed by atoms with Crippen molar-refractivity contribution in [3.05, 3.63) is 23.8 Å². The van der Waals surface area contributed by atoms with Gasteiger partial charge in [-0.15, -0.1) is 0 Å². The van der Waals surface area contributed by atoms with E-state index in [2.05, 4.69) is 23.0 Å². The number of H-pyrrole nitrogens is 1. The summed E-state index contributed by atoms with van der Waals surface area (Å²) in [5, 5.41) is 0.582. The number of hydrogen-bond donors (Lipinski definition) is 1. The van der Waals surface area contributed by atoms with Gasteiger partial charge in [0.15, 0.2) is 5.16 Å². The first kappa shape index (κ1) is 14.9. The molecule has 0 spiro atoms. The van der Waals surface area contributed by atoms with Crippen LogP contribution in [0.4, 0.5) is 0 Å². The second kappa shape index (κ2) is 6.79. The Morgan fingerprint density at radius 2 is 2.25 bits per heavy atom. The lowest BCUT2D eigenvalue weighted by Gasteiger charge is -2.12. The average molecular weight is 292 g/mol. The van der Waals surface area contributed by atoms with Crippen LogP contribution in [0.25, 0.3) is 11.0 Å². The van der Waals surface area contributed by atoms with Crippen molar-refractivity contribution in [2.75, 3.05) is 6.61 Å². The molecule has 2 rings (SSSR count). The van der Waals surface area contributed by atoms with Gasteiger partial charge >= 0.3 is 5.97 Å². The Kier molecular flexibility index (Phi) is 5.06. The van der Waals surface area contributed by atoms with Crippen LogP contribution in [0, 0.1) is 6.92 Å². The Balaban J connectivity index is 2.17. The van der Waals surface area contributed by atoms with Gasteiger partial charge in [-0.2, -0.15) is 0 Å². The van der Waals surface area contributed by atoms with Gasteiger partial charge in [-0.05, 0) is 38.0 Å². The fourth-order valence-corrected chi connectivity index (χ4v) is 3.12. The number of nitrogens with zero attached hydrogens (tertiary/aromatic N) is 1. The third-order valence-electron chi connectivity index (χ3n) is 2.97. The lowest BCUT2D eigenvalue weighted by molar-refractivity contribution is -0.142. The fraction of sp³-hybridized carbons (Fsp3) is 0.467. The van der Waals surface area contributed by atoms with Gasteiger partial charge in [0.25, 0.3) is 0 Å². The number of nitrogens with one attached hydrogen (secondary N) is 1. The minimum atomic E-state index is -0.193. The lowest BCUT2D eigenvalue weighted by Crippen LogP contribution is -2.20. The van der Waals surface area contributed by atoms with Crippen molar-refractivity contribution in [1.82, 2.24) is 9.97 Å². The summed E-state index contributed by atoms with van der Waals surface area (Å²) in [6.07, 6.45) is 1.73. The molecular weight excluding hydrogens is 272 g/mol. The maximum Gasteiger partial charge on any atom is 0.319 e. The molecule has 20 heavy (non-hydrogen) atoms. The van der Waals surface area contributed by atoms with E-state index in [1.165, 1.54) is 17.3 Å². The van der Waals surface area contributed by atoms with Crippen molar-refractivity contribution in [2.45, 2.75) is 44.0 Å². The zero-order chi connectivity index (χ0) is 14.5. The Labute approximate surface area is 123 Å². The molecule has 108 valence electrons. The fourth-order valence-electron chi connectivity index (χ4n) is 2.01. The van der Waals surface area contributed by atoms with E-state index in [0.29, 0.717) is 6.61 Å². The highest BCUT2D eigenvalue weighted by Gasteiger charge is 2.21. The van der Waals surface area contributed by atoms with E-state index in [0.717, 1.165) is 29.0 Å². The van der Waals surface area contributed by atoms with Crippen molar-refractivity contribution >= 4 is 28.8 Å². The van der Waals surface area contributed by atoms with Crippen molar-refractivity contribution in [3.63, 3.8) is 0 Å². The van der Waals surface area contributed by atoms with Gasteiger partial charge < -0.3 is 9.72 Å². The molecule has 0 amide bonds. The minimum absolute atomic E-state index is 0.156. The molecule has 0 saturated heterocycles. The predicted molar refractivity (Wildman–Crippen MR) is 82.0 cm³/mol. The second-order valence-corrected chi connectivity index (χ2v) is 5.90. The smallest absolute Gasteiger partial charge is 0.319 e. The Morgan fingerprint density at radius 3 is 2.95 bits per heavy atom. The Bertz CT molecular complexity index is 595. The molecule has 2 aromatic rings. The summed E-state index contributed by atoms with van der Waals surface area (Å²) in [5.41, 5.74) is 3.12. The molecule has 1 aromatic carbocycles. The maximum atomic E-state index is 11.9. The summed E-state index contributed by atoms with van der Waals surface area (Å²) >= 11 is 1.45. The number of carbonyl (C=O) groups is 1. The number of imidazole rings is 1. The highest BCUT2D eigenvalue weighted by atomic mass is 32.2. The largest absolute Gasteiger partial charge is 0.465 e. The summed E-state index contributed by atoms with van der Waals surface area (Å²) in [5.74, 6) is -0.156. The predicted octanol–water partition coefficient (Wildman–Crippen LogP) is 3.70. The molecule has 0 aliphatic heterocycles. The lowest BCUT2D eigenvalue weighted by atomic mass is 10.2. The maximum absolute atomic E-state index is 11.9. The molecule has 0 bridgehead atoms. The molecule has 0 aliphatic carbocycles. The van der Waals surface area contributed by atoms with Crippen LogP contribution in [0.15, 0.2) is 23.4 Å². The van der Waals surface area contributed by atoms with Crippen molar-refractivity contribution in [2.24, 2.45) is 0 Å². The van der Waals surface area contributed by atoms with Crippen molar-refractivity contribution < 1.29 is 9.53 Å². The van der Waals surface area contributed by atoms with Gasteiger partial charge in [0.2, 0.25) is 0 Å². The Morgan fingerprint density at radius 1 is 1.45 bits per heavy atom. The molecule has 0 radical (unpaired) electrons. The third kappa shape index (κ3) is 3.54. The van der Waals surface area contributed by atoms with E-state index in [4.69, 9.17) is 4.74 Å². The van der Waals surface area contributed by atoms with Crippen LogP contribution in [0.1, 0.15) is 32.3 Å². The summed E-state index contributed by atoms with van der Waals surface area (Å²) in [7, 11) is 0. The zero-order valence-corrected chi connectivity index (χ0v) is 12.9. The van der Waals surface area contributed by atoms with Gasteiger partial charge in [-0.3, -0.25) is 4.79 Å². The molecule has 1 unspecified atom stereocenters. The van der Waals surface area contributed by atoms with Gasteiger partial charge in [-0.25, -0.2) is 4.98 Å². The third-order valence-corrected chi connectivity index (χ3v) is 4.10. The van der Waals surface area contributed by atoms with Gasteiger partial charge in [0.05, 0.1) is 17.6 Å². The summed E-state index contributed by atoms with van der Waals surface area (Å²) in [6.45, 7) is 6.36. The summed E-state index contributed by atoms with van der Waals surface area (Å²) < 4.78 is 5.12. The molecule has 4 nitrogen and oxygen atoms in total. The number of hydrogen-bond acceptors (Lipinski definition) is 4. The van der Waals surface area contributed by atoms with E-state index in [-0.39, 0.29) is 11.2 Å². The van der Waals surface area contributed by atoms with Gasteiger partial charge in [0.1, 0.15) is 5.25 Å². The van der Waals surface area contributed by atoms with Crippen LogP contribution in [-0.2, 0) is 9.53 Å². The standard InChI is InChI=1S/C15H20N2O2S/c1-4-6-13(14(18)19-5-2)20-15-16-11-8-7-10(3)9-12(11)17-15/h7-9,13H,4-6H2,1-3H3,(H,16,17). The van der Waals surface area contributed by atoms with Crippen molar-refractivity contribution in [3.8, 4) is 0 Å². The first-order chi connectivity index (χ1) is 9.63. The van der Waals surface area contributed by atoms with Gasteiger partial charge in [0, 0.05) is 0 Å². The molecule has 1 N–H and O–H groups in total. The zero-order valence-electron chi connectivity index (χ0n) is 12.1. The molecule has 0 aliphatic rings. The van der Waals surface area contributed by atoms with E-state index in [9.17, 15) is 4.79 Å². The Hall–Kier alpha value is -1.49. The highest BCUT2D eigenvalue weighted by molar-refractivity contribution is 8.00. The van der Waals surface area contributed by atoms with Crippen LogP contribution in [0.3, 0.4) is 0 Å². The van der Waals surface area contributed by atoms with Crippen molar-refractivity contribution in [1.29, 1.82) is 0 Å². The monoisotopic (exact) mass is 292 g/mol. The molecule has 1 heterocycles. The van der Waals surface area contributed by atoms with E-state index >= 15 is 0 Å². The molecule has 0 saturated carbocycles. The van der Waals surface area contributed by atoms with E-state index in [1.807, 2.05) is 26.0 Å². The number of carbonyl (C=O) groups excluding carboxylic acids is 1. The normalized spacial score (nSPS) is 12.6. The quantitative estimate of drug-likeness (QED) is 0.651. The minimum Gasteiger partial charge on any atom is -0.465 e. The van der Waals surface area contributed by atoms with Crippen LogP contribution in [0.2, 0.25) is 0 Å². The second-order valence-electron chi connectivity index (χ2n) is 4.71. The number of fused-ring (bicyclic) bond motifs is 1. The first-order valence-corrected chi connectivity index (χ1v) is 7.81. The first-order valence-electron chi connectivity index (χ1n) is 6.93. The number of rotatable bonds is 6. The van der Waals surface area contributed by atoms with Crippen LogP contribution < -0.4 is 0 Å². The number of aromatic amines is 1. The molecular formula is C15H20N2O2S. The molecule has 1 atom stereocenters. The summed E-state index contributed by atoms with van der Waals surface area (Å²) in [4.78, 5) is 19.7. The number of thioether (sulfide) groups is 1. The molecule has 0 fully saturated rings. The summed E-state index contributed by atoms with van der Waals surface area (Å²) in [6, 6.07) is 6.09. The molecule has 1 aromatic heterocycles. The van der Waals surface area contributed by atoms with E-state index < -0.39 is 0 Å². The number of ether oxygens (including phenoxy) is 1. The van der Waals surface area contributed by atoms with Crippen LogP contribution >= 0.6 is 11.8 Å². The number of esters is 1.